The first-order valence-corrected chi connectivity index (χ1v) is 5.48. The molecule has 1 atom stereocenters. The molecule has 0 aromatic carbocycles. The van der Waals surface area contributed by atoms with E-state index in [1.807, 2.05) is 6.92 Å². The first kappa shape index (κ1) is 13.9. The second kappa shape index (κ2) is 5.72. The van der Waals surface area contributed by atoms with Gasteiger partial charge in [-0.15, -0.1) is 0 Å². The van der Waals surface area contributed by atoms with Crippen LogP contribution < -0.4 is 0 Å². The summed E-state index contributed by atoms with van der Waals surface area (Å²) in [5.41, 5.74) is -0.117. The molecule has 0 aliphatic rings. The first-order valence-electron chi connectivity index (χ1n) is 5.11. The SMILES string of the molecule is CCOCC(C(=O)Cl)C(C)(C)C(C)C. The first-order chi connectivity index (χ1) is 6.34. The molecule has 0 saturated carbocycles. The van der Waals surface area contributed by atoms with Gasteiger partial charge in [0.05, 0.1) is 12.5 Å². The highest BCUT2D eigenvalue weighted by Gasteiger charge is 2.36. The van der Waals surface area contributed by atoms with Crippen molar-refractivity contribution < 1.29 is 9.53 Å². The zero-order valence-corrected chi connectivity index (χ0v) is 10.5. The summed E-state index contributed by atoms with van der Waals surface area (Å²) < 4.78 is 5.29. The lowest BCUT2D eigenvalue weighted by atomic mass is 9.71. The van der Waals surface area contributed by atoms with Gasteiger partial charge in [0.2, 0.25) is 5.24 Å². The van der Waals surface area contributed by atoms with Crippen LogP contribution in [0.3, 0.4) is 0 Å². The van der Waals surface area contributed by atoms with Crippen molar-refractivity contribution in [1.29, 1.82) is 0 Å². The molecule has 0 fully saturated rings. The van der Waals surface area contributed by atoms with Gasteiger partial charge in [0.15, 0.2) is 0 Å². The number of hydrogen-bond donors (Lipinski definition) is 0. The molecule has 84 valence electrons. The van der Waals surface area contributed by atoms with Crippen LogP contribution in [-0.2, 0) is 9.53 Å². The van der Waals surface area contributed by atoms with E-state index in [2.05, 4.69) is 27.7 Å². The Morgan fingerprint density at radius 3 is 2.21 bits per heavy atom. The van der Waals surface area contributed by atoms with Crippen molar-refractivity contribution in [1.82, 2.24) is 0 Å². The standard InChI is InChI=1S/C11H21ClO2/c1-6-14-7-9(10(12)13)11(4,5)8(2)3/h8-9H,6-7H2,1-5H3. The third-order valence-electron chi connectivity index (χ3n) is 3.15. The molecule has 0 aromatic rings. The third-order valence-corrected chi connectivity index (χ3v) is 3.41. The zero-order valence-electron chi connectivity index (χ0n) is 9.76. The Kier molecular flexibility index (Phi) is 5.68. The number of rotatable bonds is 6. The Hall–Kier alpha value is -0.0800. The van der Waals surface area contributed by atoms with E-state index < -0.39 is 0 Å². The molecular weight excluding hydrogens is 200 g/mol. The highest BCUT2D eigenvalue weighted by atomic mass is 35.5. The van der Waals surface area contributed by atoms with Crippen LogP contribution >= 0.6 is 11.6 Å². The molecule has 0 bridgehead atoms. The van der Waals surface area contributed by atoms with Crippen molar-refractivity contribution in [2.45, 2.75) is 34.6 Å². The highest BCUT2D eigenvalue weighted by molar-refractivity contribution is 6.64. The second-order valence-electron chi connectivity index (χ2n) is 4.49. The molecule has 0 N–H and O–H groups in total. The fraction of sp³-hybridized carbons (Fsp3) is 0.909. The van der Waals surface area contributed by atoms with E-state index in [1.165, 1.54) is 0 Å². The topological polar surface area (TPSA) is 26.3 Å². The minimum absolute atomic E-state index is 0.117. The van der Waals surface area contributed by atoms with Crippen molar-refractivity contribution >= 4 is 16.8 Å². The largest absolute Gasteiger partial charge is 0.381 e. The molecule has 0 rings (SSSR count). The normalized spacial score (nSPS) is 14.5. The Balaban J connectivity index is 4.55. The molecule has 0 aliphatic heterocycles. The van der Waals surface area contributed by atoms with E-state index in [0.29, 0.717) is 19.1 Å². The number of carbonyl (C=O) groups excluding carboxylic acids is 1. The maximum Gasteiger partial charge on any atom is 0.227 e. The van der Waals surface area contributed by atoms with Gasteiger partial charge in [-0.05, 0) is 29.9 Å². The lowest BCUT2D eigenvalue weighted by Gasteiger charge is -2.35. The summed E-state index contributed by atoms with van der Waals surface area (Å²) in [4.78, 5) is 11.3. The van der Waals surface area contributed by atoms with Gasteiger partial charge in [0.25, 0.3) is 0 Å². The maximum atomic E-state index is 11.3. The van der Waals surface area contributed by atoms with Gasteiger partial charge in [-0.25, -0.2) is 0 Å². The van der Waals surface area contributed by atoms with Gasteiger partial charge >= 0.3 is 0 Å². The summed E-state index contributed by atoms with van der Waals surface area (Å²) in [7, 11) is 0. The number of halogens is 1. The molecule has 0 amide bonds. The zero-order chi connectivity index (χ0) is 11.4. The molecular formula is C11H21ClO2. The van der Waals surface area contributed by atoms with E-state index in [4.69, 9.17) is 16.3 Å². The Morgan fingerprint density at radius 1 is 1.43 bits per heavy atom. The summed E-state index contributed by atoms with van der Waals surface area (Å²) in [6.45, 7) is 11.3. The van der Waals surface area contributed by atoms with Crippen molar-refractivity contribution in [3.05, 3.63) is 0 Å². The fourth-order valence-corrected chi connectivity index (χ4v) is 1.56. The molecule has 0 aromatic heterocycles. The van der Waals surface area contributed by atoms with Crippen LogP contribution in [0.15, 0.2) is 0 Å². The summed E-state index contributed by atoms with van der Waals surface area (Å²) in [5.74, 6) is 0.180. The predicted molar refractivity (Wildman–Crippen MR) is 59.5 cm³/mol. The Bertz CT molecular complexity index is 188. The van der Waals surface area contributed by atoms with Crippen molar-refractivity contribution in [2.24, 2.45) is 17.3 Å². The summed E-state index contributed by atoms with van der Waals surface area (Å²) in [6, 6.07) is 0. The predicted octanol–water partition coefficient (Wildman–Crippen LogP) is 3.09. The number of ether oxygens (including phenoxy) is 1. The molecule has 3 heteroatoms. The summed E-state index contributed by atoms with van der Waals surface area (Å²) in [5, 5.41) is -0.294. The minimum atomic E-state index is -0.294. The summed E-state index contributed by atoms with van der Waals surface area (Å²) >= 11 is 5.59. The molecule has 14 heavy (non-hydrogen) atoms. The average molecular weight is 221 g/mol. The third kappa shape index (κ3) is 3.58. The molecule has 0 radical (unpaired) electrons. The molecule has 0 heterocycles. The van der Waals surface area contributed by atoms with Crippen LogP contribution in [0, 0.1) is 17.3 Å². The van der Waals surface area contributed by atoms with Crippen molar-refractivity contribution in [2.75, 3.05) is 13.2 Å². The van der Waals surface area contributed by atoms with E-state index in [0.717, 1.165) is 0 Å². The van der Waals surface area contributed by atoms with Gasteiger partial charge < -0.3 is 4.74 Å². The molecule has 1 unspecified atom stereocenters. The van der Waals surface area contributed by atoms with Crippen molar-refractivity contribution in [3.63, 3.8) is 0 Å². The average Bonchev–Trinajstić information content (AvgIpc) is 2.03. The number of carbonyl (C=O) groups is 1. The van der Waals surface area contributed by atoms with Crippen molar-refractivity contribution in [3.8, 4) is 0 Å². The highest BCUT2D eigenvalue weighted by Crippen LogP contribution is 2.36. The van der Waals surface area contributed by atoms with E-state index >= 15 is 0 Å². The van der Waals surface area contributed by atoms with Crippen LogP contribution in [0.1, 0.15) is 34.6 Å². The van der Waals surface area contributed by atoms with Gasteiger partial charge in [-0.3, -0.25) is 4.79 Å². The van der Waals surface area contributed by atoms with E-state index in [-0.39, 0.29) is 16.6 Å². The fourth-order valence-electron chi connectivity index (χ4n) is 1.21. The van der Waals surface area contributed by atoms with Crippen LogP contribution in [0.4, 0.5) is 0 Å². The minimum Gasteiger partial charge on any atom is -0.381 e. The maximum absolute atomic E-state index is 11.3. The lowest BCUT2D eigenvalue weighted by Crippen LogP contribution is -2.36. The monoisotopic (exact) mass is 220 g/mol. The van der Waals surface area contributed by atoms with Crippen LogP contribution in [0.5, 0.6) is 0 Å². The van der Waals surface area contributed by atoms with Crippen LogP contribution in [-0.4, -0.2) is 18.5 Å². The van der Waals surface area contributed by atoms with Crippen LogP contribution in [0.2, 0.25) is 0 Å². The quantitative estimate of drug-likeness (QED) is 0.643. The van der Waals surface area contributed by atoms with Gasteiger partial charge in [0.1, 0.15) is 0 Å². The smallest absolute Gasteiger partial charge is 0.227 e. The van der Waals surface area contributed by atoms with Gasteiger partial charge in [0, 0.05) is 6.61 Å². The van der Waals surface area contributed by atoms with Crippen LogP contribution in [0.25, 0.3) is 0 Å². The van der Waals surface area contributed by atoms with E-state index in [9.17, 15) is 4.79 Å². The molecule has 2 nitrogen and oxygen atoms in total. The molecule has 0 aliphatic carbocycles. The number of hydrogen-bond acceptors (Lipinski definition) is 2. The summed E-state index contributed by atoms with van der Waals surface area (Å²) in [6.07, 6.45) is 0. The molecule has 0 spiro atoms. The van der Waals surface area contributed by atoms with E-state index in [1.54, 1.807) is 0 Å². The Labute approximate surface area is 92.0 Å². The lowest BCUT2D eigenvalue weighted by molar-refractivity contribution is -0.122. The van der Waals surface area contributed by atoms with Gasteiger partial charge in [-0.2, -0.15) is 0 Å². The Morgan fingerprint density at radius 2 is 1.93 bits per heavy atom. The van der Waals surface area contributed by atoms with Gasteiger partial charge in [-0.1, -0.05) is 27.7 Å². The second-order valence-corrected chi connectivity index (χ2v) is 4.86. The molecule has 0 saturated heterocycles.